The Morgan fingerprint density at radius 1 is 1.16 bits per heavy atom. The van der Waals surface area contributed by atoms with E-state index in [0.29, 0.717) is 18.0 Å². The maximum Gasteiger partial charge on any atom is 0.229 e. The lowest BCUT2D eigenvalue weighted by molar-refractivity contribution is 0.00781. The second-order valence-electron chi connectivity index (χ2n) is 6.11. The Hall–Kier alpha value is -0.980. The van der Waals surface area contributed by atoms with Crippen LogP contribution < -0.4 is 5.73 Å². The molecule has 3 saturated heterocycles. The summed E-state index contributed by atoms with van der Waals surface area (Å²) in [6.45, 7) is 5.66. The van der Waals surface area contributed by atoms with Gasteiger partial charge in [-0.1, -0.05) is 5.16 Å². The van der Waals surface area contributed by atoms with Crippen LogP contribution in [0.15, 0.2) is 4.52 Å². The predicted molar refractivity (Wildman–Crippen MR) is 69.6 cm³/mol. The summed E-state index contributed by atoms with van der Waals surface area (Å²) in [5.41, 5.74) is 5.96. The second kappa shape index (κ2) is 4.54. The van der Waals surface area contributed by atoms with Crippen molar-refractivity contribution in [2.24, 2.45) is 5.73 Å². The molecule has 0 amide bonds. The Bertz CT molecular complexity index is 454. The molecule has 19 heavy (non-hydrogen) atoms. The quantitative estimate of drug-likeness (QED) is 0.829. The predicted octanol–water partition coefficient (Wildman–Crippen LogP) is 0.337. The standard InChI is InChI=1S/C13H21N5O/c14-10-2-1-9(7-10)13-15-12(16-19-13)11-8-17-3-5-18(11)6-4-17/h9-11H,1-8,14H2/t9-,10+,11?/m1/s1. The Morgan fingerprint density at radius 2 is 2.00 bits per heavy atom. The average Bonchev–Trinajstić information content (AvgIpc) is 3.08. The van der Waals surface area contributed by atoms with E-state index in [2.05, 4.69) is 19.9 Å². The van der Waals surface area contributed by atoms with Crippen LogP contribution in [0.3, 0.4) is 0 Å². The van der Waals surface area contributed by atoms with E-state index in [1.807, 2.05) is 0 Å². The number of piperazine rings is 3. The first-order valence-electron chi connectivity index (χ1n) is 7.35. The van der Waals surface area contributed by atoms with Gasteiger partial charge in [0.05, 0.1) is 6.04 Å². The van der Waals surface area contributed by atoms with Crippen LogP contribution in [-0.2, 0) is 0 Å². The van der Waals surface area contributed by atoms with E-state index < -0.39 is 0 Å². The van der Waals surface area contributed by atoms with E-state index in [1.54, 1.807) is 0 Å². The molecular formula is C13H21N5O. The third-order valence-corrected chi connectivity index (χ3v) is 4.86. The zero-order valence-electron chi connectivity index (χ0n) is 11.2. The average molecular weight is 263 g/mol. The molecule has 0 spiro atoms. The number of aromatic nitrogens is 2. The maximum absolute atomic E-state index is 5.96. The summed E-state index contributed by atoms with van der Waals surface area (Å²) in [6.07, 6.45) is 3.15. The van der Waals surface area contributed by atoms with Gasteiger partial charge in [-0.2, -0.15) is 4.98 Å². The fourth-order valence-electron chi connectivity index (χ4n) is 3.65. The van der Waals surface area contributed by atoms with Gasteiger partial charge in [0.25, 0.3) is 0 Å². The highest BCUT2D eigenvalue weighted by Gasteiger charge is 2.36. The summed E-state index contributed by atoms with van der Waals surface area (Å²) in [5.74, 6) is 2.06. The molecule has 1 unspecified atom stereocenters. The van der Waals surface area contributed by atoms with Crippen LogP contribution in [-0.4, -0.2) is 58.7 Å². The SMILES string of the molecule is N[C@H]1CC[C@@H](c2nc(C3CN4CCN3CC4)no2)C1. The fourth-order valence-corrected chi connectivity index (χ4v) is 3.65. The zero-order chi connectivity index (χ0) is 12.8. The molecule has 104 valence electrons. The van der Waals surface area contributed by atoms with E-state index in [-0.39, 0.29) is 0 Å². The number of nitrogens with zero attached hydrogens (tertiary/aromatic N) is 4. The van der Waals surface area contributed by atoms with Crippen molar-refractivity contribution in [2.45, 2.75) is 37.3 Å². The van der Waals surface area contributed by atoms with Crippen LogP contribution in [0.1, 0.15) is 42.9 Å². The van der Waals surface area contributed by atoms with Gasteiger partial charge in [-0.15, -0.1) is 0 Å². The second-order valence-corrected chi connectivity index (χ2v) is 6.11. The van der Waals surface area contributed by atoms with Gasteiger partial charge in [0.1, 0.15) is 0 Å². The van der Waals surface area contributed by atoms with Gasteiger partial charge in [-0.25, -0.2) is 0 Å². The highest BCUT2D eigenvalue weighted by molar-refractivity contribution is 5.05. The summed E-state index contributed by atoms with van der Waals surface area (Å²) in [4.78, 5) is 9.64. The van der Waals surface area contributed by atoms with E-state index in [0.717, 1.165) is 50.6 Å². The number of fused-ring (bicyclic) bond motifs is 3. The largest absolute Gasteiger partial charge is 0.339 e. The van der Waals surface area contributed by atoms with Crippen molar-refractivity contribution in [3.63, 3.8) is 0 Å². The molecule has 1 saturated carbocycles. The molecular weight excluding hydrogens is 242 g/mol. The molecule has 0 radical (unpaired) electrons. The van der Waals surface area contributed by atoms with Crippen molar-refractivity contribution in [3.8, 4) is 0 Å². The van der Waals surface area contributed by atoms with Crippen molar-refractivity contribution in [2.75, 3.05) is 32.7 Å². The molecule has 2 N–H and O–H groups in total. The van der Waals surface area contributed by atoms with Gasteiger partial charge in [0.2, 0.25) is 5.89 Å². The van der Waals surface area contributed by atoms with Gasteiger partial charge in [0, 0.05) is 44.7 Å². The van der Waals surface area contributed by atoms with Gasteiger partial charge in [-0.05, 0) is 19.3 Å². The van der Waals surface area contributed by atoms with Crippen molar-refractivity contribution in [1.82, 2.24) is 19.9 Å². The molecule has 4 fully saturated rings. The van der Waals surface area contributed by atoms with Crippen molar-refractivity contribution in [3.05, 3.63) is 11.7 Å². The highest BCUT2D eigenvalue weighted by atomic mass is 16.5. The van der Waals surface area contributed by atoms with Gasteiger partial charge in [-0.3, -0.25) is 9.80 Å². The number of hydrogen-bond donors (Lipinski definition) is 1. The molecule has 2 bridgehead atoms. The maximum atomic E-state index is 5.96. The topological polar surface area (TPSA) is 71.4 Å². The zero-order valence-corrected chi connectivity index (χ0v) is 11.2. The molecule has 1 aromatic rings. The van der Waals surface area contributed by atoms with Crippen LogP contribution in [0, 0.1) is 0 Å². The van der Waals surface area contributed by atoms with Gasteiger partial charge < -0.3 is 10.3 Å². The third-order valence-electron chi connectivity index (χ3n) is 4.86. The third kappa shape index (κ3) is 2.07. The van der Waals surface area contributed by atoms with E-state index >= 15 is 0 Å². The molecule has 4 heterocycles. The Morgan fingerprint density at radius 3 is 2.63 bits per heavy atom. The molecule has 5 rings (SSSR count). The van der Waals surface area contributed by atoms with Crippen molar-refractivity contribution < 1.29 is 4.52 Å². The summed E-state index contributed by atoms with van der Waals surface area (Å²) in [7, 11) is 0. The minimum absolute atomic E-state index is 0.306. The summed E-state index contributed by atoms with van der Waals surface area (Å²) < 4.78 is 5.50. The lowest BCUT2D eigenvalue weighted by Crippen LogP contribution is -2.57. The fraction of sp³-hybridized carbons (Fsp3) is 0.846. The number of nitrogens with two attached hydrogens (primary N) is 1. The first-order chi connectivity index (χ1) is 9.29. The van der Waals surface area contributed by atoms with Gasteiger partial charge >= 0.3 is 0 Å². The van der Waals surface area contributed by atoms with Gasteiger partial charge in [0.15, 0.2) is 5.82 Å². The number of rotatable bonds is 2. The minimum Gasteiger partial charge on any atom is -0.339 e. The van der Waals surface area contributed by atoms with Crippen LogP contribution in [0.2, 0.25) is 0 Å². The molecule has 6 nitrogen and oxygen atoms in total. The van der Waals surface area contributed by atoms with Crippen LogP contribution in [0.5, 0.6) is 0 Å². The molecule has 1 aliphatic carbocycles. The van der Waals surface area contributed by atoms with E-state index in [1.165, 1.54) is 13.1 Å². The lowest BCUT2D eigenvalue weighted by atomic mass is 10.1. The summed E-state index contributed by atoms with van der Waals surface area (Å²) in [5, 5.41) is 4.23. The molecule has 3 aliphatic heterocycles. The monoisotopic (exact) mass is 263 g/mol. The minimum atomic E-state index is 0.306. The smallest absolute Gasteiger partial charge is 0.229 e. The molecule has 3 atom stereocenters. The Kier molecular flexibility index (Phi) is 2.82. The molecule has 0 aromatic carbocycles. The first-order valence-corrected chi connectivity index (χ1v) is 7.35. The normalized spacial score (nSPS) is 41.8. The molecule has 4 aliphatic rings. The van der Waals surface area contributed by atoms with Crippen molar-refractivity contribution in [1.29, 1.82) is 0 Å². The lowest BCUT2D eigenvalue weighted by Gasteiger charge is -2.46. The molecule has 6 heteroatoms. The number of hydrogen-bond acceptors (Lipinski definition) is 6. The Labute approximate surface area is 112 Å². The van der Waals surface area contributed by atoms with Crippen LogP contribution in [0.25, 0.3) is 0 Å². The van der Waals surface area contributed by atoms with E-state index in [9.17, 15) is 0 Å². The van der Waals surface area contributed by atoms with Crippen molar-refractivity contribution >= 4 is 0 Å². The van der Waals surface area contributed by atoms with Crippen LogP contribution >= 0.6 is 0 Å². The summed E-state index contributed by atoms with van der Waals surface area (Å²) in [6, 6.07) is 0.635. The first kappa shape index (κ1) is 11.8. The summed E-state index contributed by atoms with van der Waals surface area (Å²) >= 11 is 0. The highest BCUT2D eigenvalue weighted by Crippen LogP contribution is 2.34. The molecule has 1 aromatic heterocycles. The Balaban J connectivity index is 1.52. The van der Waals surface area contributed by atoms with Crippen LogP contribution in [0.4, 0.5) is 0 Å². The van der Waals surface area contributed by atoms with E-state index in [4.69, 9.17) is 10.3 Å².